The Bertz CT molecular complexity index is 322. The Morgan fingerprint density at radius 1 is 1.33 bits per heavy atom. The lowest BCUT2D eigenvalue weighted by Gasteiger charge is -2.14. The van der Waals surface area contributed by atoms with Gasteiger partial charge in [0.2, 0.25) is 0 Å². The first-order valence-electron chi connectivity index (χ1n) is 5.38. The maximum Gasteiger partial charge on any atom is 0.0444 e. The SMILES string of the molecule is C=CC=CC(CC)Nc1ccc(C)cc1. The van der Waals surface area contributed by atoms with Crippen molar-refractivity contribution in [1.82, 2.24) is 0 Å². The van der Waals surface area contributed by atoms with Crippen LogP contribution in [0.3, 0.4) is 0 Å². The summed E-state index contributed by atoms with van der Waals surface area (Å²) in [5.41, 5.74) is 2.45. The Morgan fingerprint density at radius 2 is 2.00 bits per heavy atom. The van der Waals surface area contributed by atoms with Gasteiger partial charge >= 0.3 is 0 Å². The van der Waals surface area contributed by atoms with E-state index in [0.29, 0.717) is 6.04 Å². The third-order valence-corrected chi connectivity index (χ3v) is 2.32. The predicted octanol–water partition coefficient (Wildman–Crippen LogP) is 3.93. The second-order valence-corrected chi connectivity index (χ2v) is 3.65. The van der Waals surface area contributed by atoms with E-state index >= 15 is 0 Å². The van der Waals surface area contributed by atoms with E-state index in [2.05, 4.69) is 56.1 Å². The fraction of sp³-hybridized carbons (Fsp3) is 0.286. The van der Waals surface area contributed by atoms with Crippen LogP contribution in [0.5, 0.6) is 0 Å². The van der Waals surface area contributed by atoms with Crippen molar-refractivity contribution in [3.63, 3.8) is 0 Å². The summed E-state index contributed by atoms with van der Waals surface area (Å²) in [5, 5.41) is 3.46. The van der Waals surface area contributed by atoms with Gasteiger partial charge in [0.15, 0.2) is 0 Å². The monoisotopic (exact) mass is 201 g/mol. The zero-order valence-electron chi connectivity index (χ0n) is 9.53. The van der Waals surface area contributed by atoms with Crippen LogP contribution in [0.1, 0.15) is 18.9 Å². The second-order valence-electron chi connectivity index (χ2n) is 3.65. The van der Waals surface area contributed by atoms with Crippen molar-refractivity contribution in [2.45, 2.75) is 26.3 Å². The molecule has 0 aromatic heterocycles. The van der Waals surface area contributed by atoms with Gasteiger partial charge < -0.3 is 5.32 Å². The van der Waals surface area contributed by atoms with Crippen LogP contribution < -0.4 is 5.32 Å². The van der Waals surface area contributed by atoms with Crippen LogP contribution in [-0.4, -0.2) is 6.04 Å². The van der Waals surface area contributed by atoms with Gasteiger partial charge in [-0.2, -0.15) is 0 Å². The van der Waals surface area contributed by atoms with Crippen molar-refractivity contribution in [1.29, 1.82) is 0 Å². The molecule has 0 fully saturated rings. The molecule has 1 N–H and O–H groups in total. The highest BCUT2D eigenvalue weighted by molar-refractivity contribution is 5.46. The van der Waals surface area contributed by atoms with Gasteiger partial charge in [0.25, 0.3) is 0 Å². The van der Waals surface area contributed by atoms with Crippen molar-refractivity contribution in [3.05, 3.63) is 54.6 Å². The summed E-state index contributed by atoms with van der Waals surface area (Å²) >= 11 is 0. The molecule has 1 aromatic rings. The van der Waals surface area contributed by atoms with Crippen LogP contribution in [0.15, 0.2) is 49.1 Å². The number of rotatable bonds is 5. The lowest BCUT2D eigenvalue weighted by molar-refractivity contribution is 0.833. The molecule has 1 nitrogen and oxygen atoms in total. The van der Waals surface area contributed by atoms with Crippen LogP contribution in [0.25, 0.3) is 0 Å². The summed E-state index contributed by atoms with van der Waals surface area (Å²) in [6.45, 7) is 7.93. The molecule has 0 aliphatic rings. The van der Waals surface area contributed by atoms with Crippen LogP contribution >= 0.6 is 0 Å². The van der Waals surface area contributed by atoms with Gasteiger partial charge in [-0.15, -0.1) is 0 Å². The number of hydrogen-bond donors (Lipinski definition) is 1. The number of benzene rings is 1. The van der Waals surface area contributed by atoms with Crippen molar-refractivity contribution in [2.24, 2.45) is 0 Å². The molecule has 0 aliphatic carbocycles. The minimum Gasteiger partial charge on any atom is -0.379 e. The molecule has 0 saturated carbocycles. The van der Waals surface area contributed by atoms with Gasteiger partial charge in [0.05, 0.1) is 0 Å². The lowest BCUT2D eigenvalue weighted by atomic mass is 10.1. The van der Waals surface area contributed by atoms with Gasteiger partial charge in [-0.3, -0.25) is 0 Å². The molecule has 1 aromatic carbocycles. The van der Waals surface area contributed by atoms with Gasteiger partial charge in [-0.05, 0) is 25.5 Å². The predicted molar refractivity (Wildman–Crippen MR) is 68.2 cm³/mol. The van der Waals surface area contributed by atoms with Crippen LogP contribution in [0, 0.1) is 6.92 Å². The Balaban J connectivity index is 2.62. The van der Waals surface area contributed by atoms with Gasteiger partial charge in [0.1, 0.15) is 0 Å². The third-order valence-electron chi connectivity index (χ3n) is 2.32. The topological polar surface area (TPSA) is 12.0 Å². The van der Waals surface area contributed by atoms with E-state index in [1.54, 1.807) is 6.08 Å². The molecule has 1 rings (SSSR count). The molecule has 1 unspecified atom stereocenters. The molecule has 15 heavy (non-hydrogen) atoms. The molecule has 0 bridgehead atoms. The maximum absolute atomic E-state index is 3.67. The third kappa shape index (κ3) is 4.03. The summed E-state index contributed by atoms with van der Waals surface area (Å²) in [5.74, 6) is 0. The van der Waals surface area contributed by atoms with Crippen LogP contribution in [-0.2, 0) is 0 Å². The van der Waals surface area contributed by atoms with Crippen molar-refractivity contribution in [2.75, 3.05) is 5.32 Å². The van der Waals surface area contributed by atoms with Crippen molar-refractivity contribution < 1.29 is 0 Å². The zero-order valence-corrected chi connectivity index (χ0v) is 9.53. The van der Waals surface area contributed by atoms with E-state index in [1.807, 2.05) is 6.08 Å². The summed E-state index contributed by atoms with van der Waals surface area (Å²) in [7, 11) is 0. The highest BCUT2D eigenvalue weighted by Gasteiger charge is 2.00. The Kier molecular flexibility index (Phi) is 4.69. The zero-order chi connectivity index (χ0) is 11.1. The van der Waals surface area contributed by atoms with Crippen LogP contribution in [0.2, 0.25) is 0 Å². The minimum absolute atomic E-state index is 0.380. The van der Waals surface area contributed by atoms with E-state index in [-0.39, 0.29) is 0 Å². The highest BCUT2D eigenvalue weighted by atomic mass is 14.9. The number of nitrogens with one attached hydrogen (secondary N) is 1. The van der Waals surface area contributed by atoms with Gasteiger partial charge in [-0.1, -0.05) is 49.4 Å². The molecule has 1 atom stereocenters. The fourth-order valence-corrected chi connectivity index (χ4v) is 1.36. The Labute approximate surface area is 92.5 Å². The summed E-state index contributed by atoms with van der Waals surface area (Å²) in [4.78, 5) is 0. The molecular formula is C14H19N. The van der Waals surface area contributed by atoms with E-state index < -0.39 is 0 Å². The maximum atomic E-state index is 3.67. The second kappa shape index (κ2) is 6.07. The standard InChI is InChI=1S/C14H19N/c1-4-6-7-13(5-2)15-14-10-8-12(3)9-11-14/h4,6-11,13,15H,1,5H2,2-3H3. The first-order chi connectivity index (χ1) is 7.26. The first-order valence-corrected chi connectivity index (χ1v) is 5.38. The molecule has 0 amide bonds. The Hall–Kier alpha value is -1.50. The van der Waals surface area contributed by atoms with Gasteiger partial charge in [0, 0.05) is 11.7 Å². The normalized spacial score (nSPS) is 12.7. The number of aryl methyl sites for hydroxylation is 1. The smallest absolute Gasteiger partial charge is 0.0444 e. The van der Waals surface area contributed by atoms with E-state index in [9.17, 15) is 0 Å². The summed E-state index contributed by atoms with van der Waals surface area (Å²) in [6.07, 6.45) is 6.99. The fourth-order valence-electron chi connectivity index (χ4n) is 1.36. The average Bonchev–Trinajstić information content (AvgIpc) is 2.27. The molecule has 80 valence electrons. The van der Waals surface area contributed by atoms with Crippen molar-refractivity contribution in [3.8, 4) is 0 Å². The molecule has 1 heteroatoms. The first kappa shape index (κ1) is 11.6. The average molecular weight is 201 g/mol. The molecule has 0 spiro atoms. The Morgan fingerprint density at radius 3 is 2.53 bits per heavy atom. The molecule has 0 saturated heterocycles. The van der Waals surface area contributed by atoms with Crippen molar-refractivity contribution >= 4 is 5.69 Å². The molecule has 0 heterocycles. The number of anilines is 1. The van der Waals surface area contributed by atoms with E-state index in [4.69, 9.17) is 0 Å². The number of allylic oxidation sites excluding steroid dienone is 2. The summed E-state index contributed by atoms with van der Waals surface area (Å²) < 4.78 is 0. The molecular weight excluding hydrogens is 182 g/mol. The number of hydrogen-bond acceptors (Lipinski definition) is 1. The van der Waals surface area contributed by atoms with E-state index in [0.717, 1.165) is 6.42 Å². The largest absolute Gasteiger partial charge is 0.379 e. The lowest BCUT2D eigenvalue weighted by Crippen LogP contribution is -2.15. The van der Waals surface area contributed by atoms with Gasteiger partial charge in [-0.25, -0.2) is 0 Å². The van der Waals surface area contributed by atoms with Crippen LogP contribution in [0.4, 0.5) is 5.69 Å². The summed E-state index contributed by atoms with van der Waals surface area (Å²) in [6, 6.07) is 8.84. The van der Waals surface area contributed by atoms with E-state index in [1.165, 1.54) is 11.3 Å². The minimum atomic E-state index is 0.380. The molecule has 0 radical (unpaired) electrons. The molecule has 0 aliphatic heterocycles. The quantitative estimate of drug-likeness (QED) is 0.712. The highest BCUT2D eigenvalue weighted by Crippen LogP contribution is 2.11.